The Balaban J connectivity index is 2.46. The SMILES string of the molecule is CCCCOP(O)(=S)Sc1ccccc1. The lowest BCUT2D eigenvalue weighted by molar-refractivity contribution is 0.312. The summed E-state index contributed by atoms with van der Waals surface area (Å²) >= 11 is 6.30. The van der Waals surface area contributed by atoms with Gasteiger partial charge in [-0.2, -0.15) is 0 Å². The van der Waals surface area contributed by atoms with E-state index in [2.05, 4.69) is 6.92 Å². The number of hydrogen-bond acceptors (Lipinski definition) is 3. The van der Waals surface area contributed by atoms with Crippen LogP contribution in [0.1, 0.15) is 19.8 Å². The molecule has 0 saturated heterocycles. The first-order valence-corrected chi connectivity index (χ1v) is 8.95. The van der Waals surface area contributed by atoms with Crippen LogP contribution in [0.5, 0.6) is 0 Å². The average Bonchev–Trinajstić information content (AvgIpc) is 2.18. The summed E-state index contributed by atoms with van der Waals surface area (Å²) in [5.74, 6) is 0. The zero-order valence-corrected chi connectivity index (χ0v) is 11.2. The lowest BCUT2D eigenvalue weighted by atomic mass is 10.4. The Morgan fingerprint density at radius 1 is 1.40 bits per heavy atom. The van der Waals surface area contributed by atoms with Crippen LogP contribution in [0.2, 0.25) is 0 Å². The Bertz CT molecular complexity index is 329. The third-order valence-electron chi connectivity index (χ3n) is 1.72. The molecule has 0 fully saturated rings. The second-order valence-corrected chi connectivity index (χ2v) is 9.12. The monoisotopic (exact) mass is 262 g/mol. The van der Waals surface area contributed by atoms with Crippen molar-refractivity contribution in [1.29, 1.82) is 0 Å². The second kappa shape index (κ2) is 6.66. The van der Waals surface area contributed by atoms with E-state index in [1.54, 1.807) is 0 Å². The maximum absolute atomic E-state index is 9.86. The molecular weight excluding hydrogens is 247 g/mol. The lowest BCUT2D eigenvalue weighted by Crippen LogP contribution is -1.89. The molecule has 1 aromatic carbocycles. The summed E-state index contributed by atoms with van der Waals surface area (Å²) in [6.45, 7) is 2.62. The van der Waals surface area contributed by atoms with Crippen LogP contribution in [0.25, 0.3) is 0 Å². The van der Waals surface area contributed by atoms with Crippen molar-refractivity contribution < 1.29 is 9.42 Å². The molecule has 5 heteroatoms. The van der Waals surface area contributed by atoms with Gasteiger partial charge in [-0.1, -0.05) is 31.5 Å². The van der Waals surface area contributed by atoms with E-state index in [4.69, 9.17) is 16.3 Å². The van der Waals surface area contributed by atoms with Crippen molar-refractivity contribution in [2.75, 3.05) is 6.61 Å². The topological polar surface area (TPSA) is 29.5 Å². The Morgan fingerprint density at radius 2 is 2.07 bits per heavy atom. The highest BCUT2D eigenvalue weighted by Gasteiger charge is 2.15. The Kier molecular flexibility index (Phi) is 5.87. The highest BCUT2D eigenvalue weighted by molar-refractivity contribution is 8.67. The van der Waals surface area contributed by atoms with Crippen LogP contribution in [0.15, 0.2) is 35.2 Å². The highest BCUT2D eigenvalue weighted by Crippen LogP contribution is 2.59. The van der Waals surface area contributed by atoms with Gasteiger partial charge >= 0.3 is 0 Å². The molecule has 0 spiro atoms. The van der Waals surface area contributed by atoms with Crippen molar-refractivity contribution in [3.63, 3.8) is 0 Å². The molecule has 0 amide bonds. The number of benzene rings is 1. The molecule has 0 aliphatic rings. The molecule has 0 radical (unpaired) electrons. The average molecular weight is 262 g/mol. The minimum atomic E-state index is -2.69. The molecule has 0 bridgehead atoms. The summed E-state index contributed by atoms with van der Waals surface area (Å²) in [4.78, 5) is 10.8. The Labute approximate surface area is 100.0 Å². The number of hydrogen-bond donors (Lipinski definition) is 1. The molecule has 15 heavy (non-hydrogen) atoms. The maximum atomic E-state index is 9.86. The predicted octanol–water partition coefficient (Wildman–Crippen LogP) is 3.81. The Morgan fingerprint density at radius 3 is 2.67 bits per heavy atom. The van der Waals surface area contributed by atoms with Crippen LogP contribution in [-0.4, -0.2) is 11.5 Å². The third-order valence-corrected chi connectivity index (χ3v) is 5.57. The summed E-state index contributed by atoms with van der Waals surface area (Å²) in [6, 6.07) is 9.62. The van der Waals surface area contributed by atoms with Gasteiger partial charge in [0.1, 0.15) is 0 Å². The molecule has 0 aromatic heterocycles. The quantitative estimate of drug-likeness (QED) is 0.623. The maximum Gasteiger partial charge on any atom is 0.249 e. The fourth-order valence-corrected chi connectivity index (χ4v) is 4.47. The normalized spacial score (nSPS) is 14.8. The molecule has 0 aliphatic carbocycles. The van der Waals surface area contributed by atoms with Crippen LogP contribution in [-0.2, 0) is 16.3 Å². The zero-order chi connectivity index (χ0) is 11.1. The van der Waals surface area contributed by atoms with E-state index in [1.807, 2.05) is 30.3 Å². The Hall–Kier alpha value is 0.140. The molecular formula is C10H15O2PS2. The van der Waals surface area contributed by atoms with E-state index in [9.17, 15) is 4.89 Å². The molecule has 0 aliphatic heterocycles. The van der Waals surface area contributed by atoms with Gasteiger partial charge in [-0.15, -0.1) is 0 Å². The van der Waals surface area contributed by atoms with Gasteiger partial charge in [0.25, 0.3) is 0 Å². The number of rotatable bonds is 6. The van der Waals surface area contributed by atoms with Gasteiger partial charge in [0.15, 0.2) is 0 Å². The van der Waals surface area contributed by atoms with Gasteiger partial charge in [0, 0.05) is 4.90 Å². The molecule has 1 atom stereocenters. The smallest absolute Gasteiger partial charge is 0.249 e. The van der Waals surface area contributed by atoms with Crippen LogP contribution >= 0.6 is 17.1 Å². The van der Waals surface area contributed by atoms with Crippen LogP contribution in [0.4, 0.5) is 0 Å². The first kappa shape index (κ1) is 13.2. The predicted molar refractivity (Wildman–Crippen MR) is 69.7 cm³/mol. The van der Waals surface area contributed by atoms with Crippen LogP contribution in [0.3, 0.4) is 0 Å². The molecule has 1 unspecified atom stereocenters. The van der Waals surface area contributed by atoms with E-state index in [0.29, 0.717) is 6.61 Å². The van der Waals surface area contributed by atoms with Crippen molar-refractivity contribution in [1.82, 2.24) is 0 Å². The van der Waals surface area contributed by atoms with Crippen molar-refractivity contribution in [2.45, 2.75) is 24.7 Å². The van der Waals surface area contributed by atoms with E-state index in [1.165, 1.54) is 11.4 Å². The first-order valence-electron chi connectivity index (χ1n) is 4.86. The fraction of sp³-hybridized carbons (Fsp3) is 0.400. The summed E-state index contributed by atoms with van der Waals surface area (Å²) in [6.07, 6.45) is 1.99. The molecule has 1 N–H and O–H groups in total. The van der Waals surface area contributed by atoms with Crippen molar-refractivity contribution in [2.24, 2.45) is 0 Å². The molecule has 1 aromatic rings. The second-order valence-electron chi connectivity index (χ2n) is 3.06. The minimum Gasteiger partial charge on any atom is -0.337 e. The van der Waals surface area contributed by atoms with Gasteiger partial charge in [0.2, 0.25) is 5.69 Å². The summed E-state index contributed by atoms with van der Waals surface area (Å²) in [5.41, 5.74) is -2.69. The third kappa shape index (κ3) is 5.69. The van der Waals surface area contributed by atoms with E-state index in [0.717, 1.165) is 17.7 Å². The summed E-state index contributed by atoms with van der Waals surface area (Å²) in [5, 5.41) is 0. The van der Waals surface area contributed by atoms with Gasteiger partial charge in [-0.05, 0) is 41.7 Å². The van der Waals surface area contributed by atoms with E-state index < -0.39 is 5.69 Å². The van der Waals surface area contributed by atoms with Crippen LogP contribution < -0.4 is 0 Å². The molecule has 0 heterocycles. The fourth-order valence-electron chi connectivity index (χ4n) is 0.965. The van der Waals surface area contributed by atoms with Crippen LogP contribution in [0, 0.1) is 0 Å². The molecule has 0 saturated carbocycles. The van der Waals surface area contributed by atoms with Crippen molar-refractivity contribution in [3.05, 3.63) is 30.3 Å². The van der Waals surface area contributed by atoms with Gasteiger partial charge < -0.3 is 9.42 Å². The largest absolute Gasteiger partial charge is 0.337 e. The lowest BCUT2D eigenvalue weighted by Gasteiger charge is -2.14. The number of unbranched alkanes of at least 4 members (excludes halogenated alkanes) is 1. The zero-order valence-electron chi connectivity index (χ0n) is 8.63. The van der Waals surface area contributed by atoms with Gasteiger partial charge in [-0.25, -0.2) is 0 Å². The summed E-state index contributed by atoms with van der Waals surface area (Å²) in [7, 11) is 0. The standard InChI is InChI=1S/C10H15O2PS2/c1-2-3-9-12-13(11,14)15-10-7-5-4-6-8-10/h4-8H,2-3,9H2,1H3,(H,11,14). The van der Waals surface area contributed by atoms with Gasteiger partial charge in [-0.3, -0.25) is 0 Å². The molecule has 2 nitrogen and oxygen atoms in total. The minimum absolute atomic E-state index is 0.546. The molecule has 84 valence electrons. The summed E-state index contributed by atoms with van der Waals surface area (Å²) < 4.78 is 5.32. The van der Waals surface area contributed by atoms with Gasteiger partial charge in [0.05, 0.1) is 6.61 Å². The van der Waals surface area contributed by atoms with Crippen molar-refractivity contribution in [3.8, 4) is 0 Å². The van der Waals surface area contributed by atoms with E-state index in [-0.39, 0.29) is 0 Å². The first-order chi connectivity index (χ1) is 7.14. The van der Waals surface area contributed by atoms with E-state index >= 15 is 0 Å². The highest BCUT2D eigenvalue weighted by atomic mass is 32.9. The molecule has 1 rings (SSSR count). The van der Waals surface area contributed by atoms with Crippen molar-refractivity contribution >= 4 is 28.9 Å².